The van der Waals surface area contributed by atoms with Gasteiger partial charge >= 0.3 is 0 Å². The third-order valence-electron chi connectivity index (χ3n) is 5.90. The lowest BCUT2D eigenvalue weighted by atomic mass is 9.98. The van der Waals surface area contributed by atoms with Gasteiger partial charge in [-0.05, 0) is 45.6 Å². The highest BCUT2D eigenvalue weighted by molar-refractivity contribution is 7.89. The van der Waals surface area contributed by atoms with Gasteiger partial charge in [-0.3, -0.25) is 14.2 Å². The number of aryl methyl sites for hydroxylation is 3. The third kappa shape index (κ3) is 4.23. The Morgan fingerprint density at radius 3 is 2.52 bits per heavy atom. The monoisotopic (exact) mass is 422 g/mol. The fourth-order valence-electron chi connectivity index (χ4n) is 3.88. The van der Waals surface area contributed by atoms with Crippen LogP contribution in [0.15, 0.2) is 11.1 Å². The number of hydrogen-bond acceptors (Lipinski definition) is 5. The van der Waals surface area contributed by atoms with Gasteiger partial charge in [-0.1, -0.05) is 0 Å². The first-order valence-corrected chi connectivity index (χ1v) is 11.3. The molecule has 1 N–H and O–H groups in total. The van der Waals surface area contributed by atoms with Crippen LogP contribution < -0.4 is 5.32 Å². The Balaban J connectivity index is 1.61. The average molecular weight is 423 g/mol. The molecule has 160 valence electrons. The van der Waals surface area contributed by atoms with Gasteiger partial charge in [0.05, 0.1) is 23.5 Å². The van der Waals surface area contributed by atoms with Crippen LogP contribution in [0.1, 0.15) is 35.5 Å². The molecule has 1 saturated heterocycles. The number of carbonyl (C=O) groups is 1. The molecule has 2 aromatic heterocycles. The van der Waals surface area contributed by atoms with Gasteiger partial charge in [-0.25, -0.2) is 8.42 Å². The molecule has 0 aliphatic carbocycles. The molecule has 1 aliphatic heterocycles. The molecule has 1 fully saturated rings. The van der Waals surface area contributed by atoms with Crippen LogP contribution >= 0.6 is 0 Å². The molecule has 3 heterocycles. The molecule has 0 radical (unpaired) electrons. The maximum atomic E-state index is 13.0. The van der Waals surface area contributed by atoms with E-state index in [1.54, 1.807) is 18.7 Å². The van der Waals surface area contributed by atoms with Crippen molar-refractivity contribution in [3.8, 4) is 0 Å². The fourth-order valence-corrected chi connectivity index (χ4v) is 5.59. The van der Waals surface area contributed by atoms with Gasteiger partial charge in [0.2, 0.25) is 15.9 Å². The second kappa shape index (κ2) is 8.27. The van der Waals surface area contributed by atoms with Crippen molar-refractivity contribution in [3.05, 3.63) is 28.8 Å². The standard InChI is InChI=1S/C19H30N6O3S/c1-13-17(14(2)24(5)22-13)8-9-20-19(26)16-7-6-10-25(12-16)29(27,28)18-11-21-23(4)15(18)3/h11,16H,6-10,12H2,1-5H3,(H,20,26)/t16-/m1/s1. The predicted octanol–water partition coefficient (Wildman–Crippen LogP) is 0.838. The number of rotatable bonds is 6. The minimum Gasteiger partial charge on any atom is -0.355 e. The minimum atomic E-state index is -3.65. The smallest absolute Gasteiger partial charge is 0.246 e. The van der Waals surface area contributed by atoms with Crippen molar-refractivity contribution < 1.29 is 13.2 Å². The molecule has 10 heteroatoms. The van der Waals surface area contributed by atoms with Crippen LogP contribution in [0.4, 0.5) is 0 Å². The van der Waals surface area contributed by atoms with E-state index in [1.807, 2.05) is 25.6 Å². The Morgan fingerprint density at radius 2 is 1.93 bits per heavy atom. The van der Waals surface area contributed by atoms with Gasteiger partial charge in [0.15, 0.2) is 0 Å². The zero-order chi connectivity index (χ0) is 21.3. The summed E-state index contributed by atoms with van der Waals surface area (Å²) in [5.74, 6) is -0.432. The lowest BCUT2D eigenvalue weighted by Crippen LogP contribution is -2.45. The Kier molecular flexibility index (Phi) is 6.13. The quantitative estimate of drug-likeness (QED) is 0.743. The van der Waals surface area contributed by atoms with Gasteiger partial charge in [-0.15, -0.1) is 0 Å². The summed E-state index contributed by atoms with van der Waals surface area (Å²) >= 11 is 0. The highest BCUT2D eigenvalue weighted by Crippen LogP contribution is 2.25. The van der Waals surface area contributed by atoms with Crippen molar-refractivity contribution in [3.63, 3.8) is 0 Å². The molecule has 29 heavy (non-hydrogen) atoms. The number of nitrogens with one attached hydrogen (secondary N) is 1. The molecular weight excluding hydrogens is 392 g/mol. The number of amides is 1. The van der Waals surface area contributed by atoms with Crippen LogP contribution in [0.25, 0.3) is 0 Å². The number of aromatic nitrogens is 4. The molecular formula is C19H30N6O3S. The zero-order valence-electron chi connectivity index (χ0n) is 17.8. The molecule has 0 saturated carbocycles. The second-order valence-corrected chi connectivity index (χ2v) is 9.64. The topological polar surface area (TPSA) is 102 Å². The van der Waals surface area contributed by atoms with E-state index >= 15 is 0 Å². The summed E-state index contributed by atoms with van der Waals surface area (Å²) in [6, 6.07) is 0. The average Bonchev–Trinajstić information content (AvgIpc) is 3.15. The summed E-state index contributed by atoms with van der Waals surface area (Å²) in [6.45, 7) is 6.85. The summed E-state index contributed by atoms with van der Waals surface area (Å²) in [7, 11) is -0.0284. The Hall–Kier alpha value is -2.20. The molecule has 1 amide bonds. The Morgan fingerprint density at radius 1 is 1.21 bits per heavy atom. The first-order chi connectivity index (χ1) is 13.6. The zero-order valence-corrected chi connectivity index (χ0v) is 18.6. The van der Waals surface area contributed by atoms with Crippen LogP contribution in [0.2, 0.25) is 0 Å². The number of carbonyl (C=O) groups excluding carboxylic acids is 1. The number of nitrogens with zero attached hydrogens (tertiary/aromatic N) is 5. The summed E-state index contributed by atoms with van der Waals surface area (Å²) in [5, 5.41) is 11.4. The minimum absolute atomic E-state index is 0.0907. The number of piperidine rings is 1. The van der Waals surface area contributed by atoms with Crippen molar-refractivity contribution in [2.24, 2.45) is 20.0 Å². The maximum absolute atomic E-state index is 13.0. The van der Waals surface area contributed by atoms with Crippen LogP contribution in [0, 0.1) is 26.7 Å². The second-order valence-electron chi connectivity index (χ2n) is 7.73. The molecule has 9 nitrogen and oxygen atoms in total. The summed E-state index contributed by atoms with van der Waals surface area (Å²) < 4.78 is 30.8. The molecule has 1 atom stereocenters. The molecule has 3 rings (SSSR count). The molecule has 2 aromatic rings. The van der Waals surface area contributed by atoms with Crippen molar-refractivity contribution in [2.45, 2.75) is 44.9 Å². The first kappa shape index (κ1) is 21.5. The normalized spacial score (nSPS) is 18.2. The highest BCUT2D eigenvalue weighted by Gasteiger charge is 2.34. The summed E-state index contributed by atoms with van der Waals surface area (Å²) in [5.41, 5.74) is 3.81. The number of sulfonamides is 1. The van der Waals surface area contributed by atoms with Crippen molar-refractivity contribution in [1.82, 2.24) is 29.2 Å². The molecule has 0 spiro atoms. The Labute approximate surface area is 172 Å². The van der Waals surface area contributed by atoms with Crippen molar-refractivity contribution in [2.75, 3.05) is 19.6 Å². The van der Waals surface area contributed by atoms with Gasteiger partial charge in [0, 0.05) is 39.4 Å². The lowest BCUT2D eigenvalue weighted by molar-refractivity contribution is -0.126. The predicted molar refractivity (Wildman–Crippen MR) is 109 cm³/mol. The highest BCUT2D eigenvalue weighted by atomic mass is 32.2. The molecule has 1 aliphatic rings. The first-order valence-electron chi connectivity index (χ1n) is 9.88. The van der Waals surface area contributed by atoms with Crippen molar-refractivity contribution >= 4 is 15.9 Å². The Bertz CT molecular complexity index is 1010. The van der Waals surface area contributed by atoms with Crippen LogP contribution in [-0.2, 0) is 35.3 Å². The SMILES string of the molecule is Cc1nn(C)c(C)c1CCNC(=O)[C@@H]1CCCN(S(=O)(=O)c2cnn(C)c2C)C1. The van der Waals surface area contributed by atoms with E-state index in [0.29, 0.717) is 38.0 Å². The van der Waals surface area contributed by atoms with Crippen LogP contribution in [0.5, 0.6) is 0 Å². The van der Waals surface area contributed by atoms with E-state index in [-0.39, 0.29) is 23.3 Å². The van der Waals surface area contributed by atoms with Crippen LogP contribution in [0.3, 0.4) is 0 Å². The largest absolute Gasteiger partial charge is 0.355 e. The fraction of sp³-hybridized carbons (Fsp3) is 0.632. The van der Waals surface area contributed by atoms with E-state index in [2.05, 4.69) is 15.5 Å². The van der Waals surface area contributed by atoms with E-state index in [0.717, 1.165) is 17.0 Å². The van der Waals surface area contributed by atoms with E-state index in [1.165, 1.54) is 10.5 Å². The van der Waals surface area contributed by atoms with Gasteiger partial charge in [-0.2, -0.15) is 14.5 Å². The third-order valence-corrected chi connectivity index (χ3v) is 7.86. The van der Waals surface area contributed by atoms with Gasteiger partial charge in [0.25, 0.3) is 0 Å². The van der Waals surface area contributed by atoms with E-state index in [9.17, 15) is 13.2 Å². The maximum Gasteiger partial charge on any atom is 0.246 e. The molecule has 0 bridgehead atoms. The van der Waals surface area contributed by atoms with Crippen molar-refractivity contribution in [1.29, 1.82) is 0 Å². The number of hydrogen-bond donors (Lipinski definition) is 1. The summed E-state index contributed by atoms with van der Waals surface area (Å²) in [6.07, 6.45) is 3.44. The lowest BCUT2D eigenvalue weighted by Gasteiger charge is -2.31. The molecule has 0 unspecified atom stereocenters. The van der Waals surface area contributed by atoms with Crippen LogP contribution in [-0.4, -0.2) is 57.8 Å². The van der Waals surface area contributed by atoms with Gasteiger partial charge in [0.1, 0.15) is 4.90 Å². The van der Waals surface area contributed by atoms with E-state index in [4.69, 9.17) is 0 Å². The van der Waals surface area contributed by atoms with E-state index < -0.39 is 10.0 Å². The summed E-state index contributed by atoms with van der Waals surface area (Å²) in [4.78, 5) is 12.9. The van der Waals surface area contributed by atoms with Gasteiger partial charge < -0.3 is 5.32 Å². The molecule has 0 aromatic carbocycles.